The van der Waals surface area contributed by atoms with Gasteiger partial charge in [0, 0.05) is 39.1 Å². The molecule has 0 bridgehead atoms. The highest BCUT2D eigenvalue weighted by Gasteiger charge is 2.76. The van der Waals surface area contributed by atoms with E-state index in [1.54, 1.807) is 0 Å². The van der Waals surface area contributed by atoms with Crippen molar-refractivity contribution in [3.63, 3.8) is 0 Å². The molecule has 5 aliphatic heterocycles. The quantitative estimate of drug-likeness (QED) is 0.142. The number of aryl methyl sites for hydroxylation is 1. The van der Waals surface area contributed by atoms with Gasteiger partial charge in [0.05, 0.1) is 21.9 Å². The minimum atomic E-state index is -1.28. The Hall–Kier alpha value is -3.92. The summed E-state index contributed by atoms with van der Waals surface area (Å²) in [4.78, 5) is 4.04. The SMILES string of the molecule is Cc1cc2n(n1)[N+]13c4c(ccc5c4B4c6c(cccc6[S+]5[O-])-c5ccc[n+]1c54)Oc1cccc-2[n+]13. The van der Waals surface area contributed by atoms with Crippen LogP contribution in [0.1, 0.15) is 5.69 Å². The van der Waals surface area contributed by atoms with Gasteiger partial charge in [0.2, 0.25) is 23.2 Å². The Morgan fingerprint density at radius 1 is 1.00 bits per heavy atom. The third-order valence-electron chi connectivity index (χ3n) is 8.12. The van der Waals surface area contributed by atoms with Crippen LogP contribution >= 0.6 is 0 Å². The predicted octanol–water partition coefficient (Wildman–Crippen LogP) is 0.840. The van der Waals surface area contributed by atoms with E-state index in [0.717, 1.165) is 49.7 Å². The van der Waals surface area contributed by atoms with Crippen molar-refractivity contribution in [2.45, 2.75) is 16.7 Å². The minimum Gasteiger partial charge on any atom is -0.606 e. The molecular weight excluding hydrogens is 457 g/mol. The topological polar surface area (TPSA) is 57.9 Å². The smallest absolute Gasteiger partial charge is 0.440 e. The Balaban J connectivity index is 1.52. The summed E-state index contributed by atoms with van der Waals surface area (Å²) < 4.78 is 25.1. The molecule has 2 unspecified atom stereocenters. The maximum absolute atomic E-state index is 14.0. The van der Waals surface area contributed by atoms with E-state index >= 15 is 0 Å². The van der Waals surface area contributed by atoms with Crippen LogP contribution in [0.4, 0.5) is 5.69 Å². The fourth-order valence-corrected chi connectivity index (χ4v) is 8.52. The number of hydrogen-bond donors (Lipinski definition) is 0. The number of aromatic nitrogens is 4. The zero-order valence-corrected chi connectivity index (χ0v) is 19.3. The van der Waals surface area contributed by atoms with Crippen LogP contribution in [0, 0.1) is 6.92 Å². The Bertz CT molecular complexity index is 1900. The second kappa shape index (κ2) is 5.18. The Morgan fingerprint density at radius 2 is 1.86 bits per heavy atom. The molecule has 35 heavy (non-hydrogen) atoms. The first-order valence-electron chi connectivity index (χ1n) is 11.7. The summed E-state index contributed by atoms with van der Waals surface area (Å²) in [7, 11) is 0. The van der Waals surface area contributed by atoms with Gasteiger partial charge in [-0.15, -0.1) is 5.10 Å². The van der Waals surface area contributed by atoms with Gasteiger partial charge in [0.25, 0.3) is 4.81 Å². The first-order valence-corrected chi connectivity index (χ1v) is 12.8. The molecule has 8 heterocycles. The zero-order valence-electron chi connectivity index (χ0n) is 18.5. The molecule has 0 saturated heterocycles. The summed E-state index contributed by atoms with van der Waals surface area (Å²) >= 11 is -1.28. The van der Waals surface area contributed by atoms with Gasteiger partial charge in [-0.05, 0) is 48.9 Å². The molecule has 0 fully saturated rings. The van der Waals surface area contributed by atoms with Crippen LogP contribution in [0.3, 0.4) is 0 Å². The van der Waals surface area contributed by atoms with Crippen molar-refractivity contribution in [1.29, 1.82) is 0 Å². The highest BCUT2D eigenvalue weighted by Crippen LogP contribution is 2.47. The normalized spacial score (nSPS) is 21.4. The standard InChI is InChI=1S/C26H15BN5O2S/c1-14-13-18-17-7-3-9-22-30(17)32(31(18)28-14)25-19(34-22)10-11-21-24(25)27-23-15(5-2-8-20(23)35(21)33)16-6-4-12-29(32)26(16)27/h2-13H,1H3/q+3. The highest BCUT2D eigenvalue weighted by atomic mass is 32.2. The number of ether oxygens (including phenoxy) is 1. The molecule has 0 aliphatic carbocycles. The second-order valence-electron chi connectivity index (χ2n) is 9.69. The summed E-state index contributed by atoms with van der Waals surface area (Å²) in [6.45, 7) is 2.03. The number of benzene rings is 2. The minimum absolute atomic E-state index is 0.00224. The third kappa shape index (κ3) is 1.57. The molecule has 1 spiro atoms. The van der Waals surface area contributed by atoms with Gasteiger partial charge in [-0.25, -0.2) is 0 Å². The van der Waals surface area contributed by atoms with E-state index in [9.17, 15) is 4.55 Å². The average molecular weight is 472 g/mol. The Kier molecular flexibility index (Phi) is 2.59. The molecule has 0 N–H and O–H groups in total. The Morgan fingerprint density at radius 3 is 2.80 bits per heavy atom. The van der Waals surface area contributed by atoms with Gasteiger partial charge < -0.3 is 9.29 Å². The summed E-state index contributed by atoms with van der Waals surface area (Å²) in [5.41, 5.74) is 9.79. The molecule has 2 aromatic carbocycles. The molecule has 5 aromatic rings. The molecule has 9 heteroatoms. The van der Waals surface area contributed by atoms with Crippen molar-refractivity contribution in [3.05, 3.63) is 78.6 Å². The van der Waals surface area contributed by atoms with E-state index in [-0.39, 0.29) is 11.5 Å². The first kappa shape index (κ1) is 17.5. The summed E-state index contributed by atoms with van der Waals surface area (Å²) in [6.07, 6.45) is 2.15. The van der Waals surface area contributed by atoms with Crippen LogP contribution < -0.4 is 35.4 Å². The number of quaternary nitrogens is 1. The maximum atomic E-state index is 14.0. The molecular formula is C26H15BN5O2S+3. The van der Waals surface area contributed by atoms with Crippen molar-refractivity contribution in [3.8, 4) is 34.1 Å². The van der Waals surface area contributed by atoms with Crippen molar-refractivity contribution in [1.82, 2.24) is 14.7 Å². The van der Waals surface area contributed by atoms with Crippen molar-refractivity contribution >= 4 is 40.1 Å². The maximum Gasteiger partial charge on any atom is 0.440 e. The van der Waals surface area contributed by atoms with Gasteiger partial charge in [-0.2, -0.15) is 0 Å². The lowest BCUT2D eigenvalue weighted by Crippen LogP contribution is -2.96. The van der Waals surface area contributed by atoms with Crippen LogP contribution in [0.2, 0.25) is 0 Å². The van der Waals surface area contributed by atoms with E-state index in [0.29, 0.717) is 0 Å². The lowest BCUT2D eigenvalue weighted by Gasteiger charge is -2.33. The number of pyridine rings is 2. The monoisotopic (exact) mass is 472 g/mol. The molecule has 10 rings (SSSR count). The van der Waals surface area contributed by atoms with Crippen molar-refractivity contribution < 1.29 is 18.6 Å². The zero-order chi connectivity index (χ0) is 22.8. The van der Waals surface area contributed by atoms with E-state index < -0.39 is 11.2 Å². The van der Waals surface area contributed by atoms with E-state index in [4.69, 9.17) is 9.84 Å². The van der Waals surface area contributed by atoms with Crippen LogP contribution in [-0.4, -0.2) is 21.2 Å². The number of nitrogens with zero attached hydrogens (tertiary/aromatic N) is 5. The average Bonchev–Trinajstić information content (AvgIpc) is 3.51. The molecule has 0 amide bonds. The molecule has 2 atom stereocenters. The lowest BCUT2D eigenvalue weighted by atomic mass is 9.39. The predicted molar refractivity (Wildman–Crippen MR) is 129 cm³/mol. The van der Waals surface area contributed by atoms with Crippen LogP contribution in [0.25, 0.3) is 22.5 Å². The largest absolute Gasteiger partial charge is 0.606 e. The summed E-state index contributed by atoms with van der Waals surface area (Å²) in [5.74, 6) is 1.52. The number of hydrogen-bond acceptors (Lipinski definition) is 3. The van der Waals surface area contributed by atoms with E-state index in [1.807, 2.05) is 43.3 Å². The molecule has 162 valence electrons. The molecule has 0 saturated carbocycles. The van der Waals surface area contributed by atoms with E-state index in [2.05, 4.69) is 50.7 Å². The second-order valence-corrected chi connectivity index (χ2v) is 11.1. The van der Waals surface area contributed by atoms with Crippen molar-refractivity contribution in [2.75, 3.05) is 0 Å². The fraction of sp³-hybridized carbons (Fsp3) is 0.0385. The molecule has 5 aliphatic rings. The molecule has 0 radical (unpaired) electrons. The van der Waals surface area contributed by atoms with Crippen LogP contribution in [-0.2, 0) is 11.2 Å². The van der Waals surface area contributed by atoms with Crippen LogP contribution in [0.5, 0.6) is 11.6 Å². The van der Waals surface area contributed by atoms with Crippen molar-refractivity contribution in [2.24, 2.45) is 0 Å². The highest BCUT2D eigenvalue weighted by molar-refractivity contribution is 7.92. The van der Waals surface area contributed by atoms with E-state index in [1.165, 1.54) is 22.2 Å². The number of rotatable bonds is 0. The van der Waals surface area contributed by atoms with Gasteiger partial charge >= 0.3 is 24.0 Å². The van der Waals surface area contributed by atoms with Gasteiger partial charge in [-0.3, -0.25) is 0 Å². The first-order chi connectivity index (χ1) is 17.2. The van der Waals surface area contributed by atoms with Gasteiger partial charge in [-0.1, -0.05) is 12.1 Å². The summed E-state index contributed by atoms with van der Waals surface area (Å²) in [5, 5.41) is 5.05. The molecule has 3 aromatic heterocycles. The fourth-order valence-electron chi connectivity index (χ4n) is 7.05. The van der Waals surface area contributed by atoms with Gasteiger partial charge in [0.15, 0.2) is 9.79 Å². The molecule has 7 nitrogen and oxygen atoms in total. The third-order valence-corrected chi connectivity index (χ3v) is 9.63. The van der Waals surface area contributed by atoms with Gasteiger partial charge in [0.1, 0.15) is 4.68 Å². The summed E-state index contributed by atoms with van der Waals surface area (Å²) in [6, 6.07) is 22.8. The number of fused-ring (bicyclic) bond motifs is 3. The van der Waals surface area contributed by atoms with Crippen LogP contribution in [0.15, 0.2) is 82.7 Å². The lowest BCUT2D eigenvalue weighted by molar-refractivity contribution is -1.05. The Labute approximate surface area is 202 Å².